The van der Waals surface area contributed by atoms with Crippen molar-refractivity contribution in [1.29, 1.82) is 0 Å². The Labute approximate surface area is 131 Å². The molecular formula is C19H24N2O. The lowest BCUT2D eigenvalue weighted by atomic mass is 9.82. The second-order valence-corrected chi connectivity index (χ2v) is 7.00. The fraction of sp³-hybridized carbons (Fsp3) is 0.526. The van der Waals surface area contributed by atoms with Crippen molar-refractivity contribution in [1.82, 2.24) is 4.98 Å². The summed E-state index contributed by atoms with van der Waals surface area (Å²) < 4.78 is 0. The lowest BCUT2D eigenvalue weighted by molar-refractivity contribution is -0.119. The minimum absolute atomic E-state index is 0.130. The first-order chi connectivity index (χ1) is 10.7. The third-order valence-electron chi connectivity index (χ3n) is 5.65. The summed E-state index contributed by atoms with van der Waals surface area (Å²) >= 11 is 0. The van der Waals surface area contributed by atoms with Gasteiger partial charge in [-0.05, 0) is 61.3 Å². The molecule has 1 aromatic carbocycles. The molecule has 0 radical (unpaired) electrons. The predicted molar refractivity (Wildman–Crippen MR) is 89.0 cm³/mol. The highest BCUT2D eigenvalue weighted by Crippen LogP contribution is 2.39. The molecule has 3 nitrogen and oxygen atoms in total. The van der Waals surface area contributed by atoms with Gasteiger partial charge < -0.3 is 10.7 Å². The third kappa shape index (κ3) is 2.23. The maximum absolute atomic E-state index is 11.7. The van der Waals surface area contributed by atoms with Gasteiger partial charge in [0.25, 0.3) is 0 Å². The Kier molecular flexibility index (Phi) is 3.44. The van der Waals surface area contributed by atoms with Crippen LogP contribution >= 0.6 is 0 Å². The van der Waals surface area contributed by atoms with Crippen molar-refractivity contribution in [3.05, 3.63) is 35.0 Å². The molecule has 1 saturated carbocycles. The van der Waals surface area contributed by atoms with Gasteiger partial charge in [0.05, 0.1) is 5.92 Å². The van der Waals surface area contributed by atoms with Crippen molar-refractivity contribution < 1.29 is 4.79 Å². The number of rotatable bonds is 2. The van der Waals surface area contributed by atoms with Crippen LogP contribution in [-0.2, 0) is 11.2 Å². The Hall–Kier alpha value is -1.77. The molecule has 22 heavy (non-hydrogen) atoms. The van der Waals surface area contributed by atoms with E-state index < -0.39 is 0 Å². The topological polar surface area (TPSA) is 58.9 Å². The smallest absolute Gasteiger partial charge is 0.226 e. The number of fused-ring (bicyclic) bond motifs is 3. The molecule has 2 aromatic rings. The van der Waals surface area contributed by atoms with Crippen molar-refractivity contribution in [3.8, 4) is 0 Å². The summed E-state index contributed by atoms with van der Waals surface area (Å²) in [6.45, 7) is 0. The zero-order valence-electron chi connectivity index (χ0n) is 13.0. The summed E-state index contributed by atoms with van der Waals surface area (Å²) in [6.07, 6.45) is 9.75. The summed E-state index contributed by atoms with van der Waals surface area (Å²) in [7, 11) is 0. The van der Waals surface area contributed by atoms with E-state index in [2.05, 4.69) is 23.2 Å². The van der Waals surface area contributed by atoms with Crippen molar-refractivity contribution in [2.45, 2.75) is 63.2 Å². The van der Waals surface area contributed by atoms with Crippen molar-refractivity contribution in [2.75, 3.05) is 0 Å². The summed E-state index contributed by atoms with van der Waals surface area (Å²) in [4.78, 5) is 15.2. The lowest BCUT2D eigenvalue weighted by Crippen LogP contribution is -2.24. The third-order valence-corrected chi connectivity index (χ3v) is 5.65. The molecule has 3 N–H and O–H groups in total. The van der Waals surface area contributed by atoms with Crippen LogP contribution in [0.2, 0.25) is 0 Å². The van der Waals surface area contributed by atoms with E-state index in [1.165, 1.54) is 48.6 Å². The van der Waals surface area contributed by atoms with Gasteiger partial charge in [-0.2, -0.15) is 0 Å². The quantitative estimate of drug-likeness (QED) is 0.860. The predicted octanol–water partition coefficient (Wildman–Crippen LogP) is 4.12. The van der Waals surface area contributed by atoms with E-state index in [0.29, 0.717) is 0 Å². The molecule has 1 amide bonds. The van der Waals surface area contributed by atoms with E-state index in [-0.39, 0.29) is 11.8 Å². The first-order valence-electron chi connectivity index (χ1n) is 8.68. The van der Waals surface area contributed by atoms with Gasteiger partial charge in [-0.3, -0.25) is 4.79 Å². The number of nitrogens with one attached hydrogen (secondary N) is 1. The van der Waals surface area contributed by atoms with Gasteiger partial charge in [0.15, 0.2) is 0 Å². The van der Waals surface area contributed by atoms with Crippen LogP contribution in [0, 0.1) is 0 Å². The van der Waals surface area contributed by atoms with Crippen LogP contribution in [0.4, 0.5) is 0 Å². The molecule has 1 fully saturated rings. The maximum atomic E-state index is 11.7. The highest BCUT2D eigenvalue weighted by atomic mass is 16.1. The summed E-state index contributed by atoms with van der Waals surface area (Å²) in [5.74, 6) is 0.397. The minimum Gasteiger partial charge on any atom is -0.369 e. The summed E-state index contributed by atoms with van der Waals surface area (Å²) in [6, 6.07) is 6.86. The van der Waals surface area contributed by atoms with Crippen molar-refractivity contribution in [3.63, 3.8) is 0 Å². The molecule has 0 saturated heterocycles. The molecule has 1 aromatic heterocycles. The summed E-state index contributed by atoms with van der Waals surface area (Å²) in [5, 5.41) is 1.32. The number of aromatic nitrogens is 1. The molecule has 1 unspecified atom stereocenters. The molecule has 116 valence electrons. The second-order valence-electron chi connectivity index (χ2n) is 7.00. The van der Waals surface area contributed by atoms with Crippen LogP contribution in [0.5, 0.6) is 0 Å². The zero-order valence-corrected chi connectivity index (χ0v) is 13.0. The Morgan fingerprint density at radius 2 is 1.91 bits per heavy atom. The Morgan fingerprint density at radius 3 is 2.68 bits per heavy atom. The first kappa shape index (κ1) is 13.9. The van der Waals surface area contributed by atoms with Crippen molar-refractivity contribution >= 4 is 16.8 Å². The molecule has 2 aliphatic rings. The van der Waals surface area contributed by atoms with E-state index in [0.717, 1.165) is 36.4 Å². The monoisotopic (exact) mass is 296 g/mol. The van der Waals surface area contributed by atoms with Crippen LogP contribution < -0.4 is 5.73 Å². The highest BCUT2D eigenvalue weighted by Gasteiger charge is 2.28. The molecule has 0 bridgehead atoms. The molecule has 0 aliphatic heterocycles. The lowest BCUT2D eigenvalue weighted by Gasteiger charge is -2.22. The number of aromatic amines is 1. The number of H-pyrrole nitrogens is 1. The number of primary amides is 1. The normalized spacial score (nSPS) is 22.6. The van der Waals surface area contributed by atoms with E-state index in [1.54, 1.807) is 0 Å². The molecule has 2 aliphatic carbocycles. The second kappa shape index (κ2) is 5.45. The number of hydrogen-bond acceptors (Lipinski definition) is 1. The SMILES string of the molecule is NC(=O)C1CCCc2c1[nH]c1ccc(C3CCCCC3)cc21. The highest BCUT2D eigenvalue weighted by molar-refractivity contribution is 5.90. The largest absolute Gasteiger partial charge is 0.369 e. The molecule has 3 heteroatoms. The van der Waals surface area contributed by atoms with Gasteiger partial charge in [-0.1, -0.05) is 25.3 Å². The van der Waals surface area contributed by atoms with Gasteiger partial charge in [-0.25, -0.2) is 0 Å². The minimum atomic E-state index is -0.194. The maximum Gasteiger partial charge on any atom is 0.226 e. The van der Waals surface area contributed by atoms with Gasteiger partial charge in [0.1, 0.15) is 0 Å². The van der Waals surface area contributed by atoms with Gasteiger partial charge in [-0.15, -0.1) is 0 Å². The number of benzene rings is 1. The standard InChI is InChI=1S/C19H24N2O/c20-19(22)15-8-4-7-14-16-11-13(12-5-2-1-3-6-12)9-10-17(16)21-18(14)15/h9-12,15,21H,1-8H2,(H2,20,22). The number of aryl methyl sites for hydroxylation is 1. The number of hydrogen-bond donors (Lipinski definition) is 2. The summed E-state index contributed by atoms with van der Waals surface area (Å²) in [5.41, 5.74) is 10.7. The van der Waals surface area contributed by atoms with Crippen LogP contribution in [0.15, 0.2) is 18.2 Å². The Balaban J connectivity index is 1.78. The number of carbonyl (C=O) groups excluding carboxylic acids is 1. The van der Waals surface area contributed by atoms with Crippen LogP contribution in [-0.4, -0.2) is 10.9 Å². The molecule has 4 rings (SSSR count). The first-order valence-corrected chi connectivity index (χ1v) is 8.68. The number of nitrogens with two attached hydrogens (primary N) is 1. The average molecular weight is 296 g/mol. The van der Waals surface area contributed by atoms with Crippen LogP contribution in [0.3, 0.4) is 0 Å². The van der Waals surface area contributed by atoms with Crippen LogP contribution in [0.1, 0.15) is 73.6 Å². The van der Waals surface area contributed by atoms with Gasteiger partial charge in [0, 0.05) is 16.6 Å². The fourth-order valence-corrected chi connectivity index (χ4v) is 4.45. The number of carbonyl (C=O) groups is 1. The van der Waals surface area contributed by atoms with Crippen molar-refractivity contribution in [2.24, 2.45) is 5.73 Å². The Morgan fingerprint density at radius 1 is 1.09 bits per heavy atom. The average Bonchev–Trinajstić information content (AvgIpc) is 2.93. The van der Waals surface area contributed by atoms with Crippen LogP contribution in [0.25, 0.3) is 10.9 Å². The van der Waals surface area contributed by atoms with E-state index in [9.17, 15) is 4.79 Å². The van der Waals surface area contributed by atoms with Gasteiger partial charge in [0.2, 0.25) is 5.91 Å². The molecule has 1 atom stereocenters. The van der Waals surface area contributed by atoms with Gasteiger partial charge >= 0.3 is 0 Å². The molecular weight excluding hydrogens is 272 g/mol. The molecule has 1 heterocycles. The zero-order chi connectivity index (χ0) is 15.1. The van der Waals surface area contributed by atoms with E-state index in [4.69, 9.17) is 5.73 Å². The fourth-order valence-electron chi connectivity index (χ4n) is 4.45. The van der Waals surface area contributed by atoms with E-state index in [1.807, 2.05) is 0 Å². The van der Waals surface area contributed by atoms with E-state index >= 15 is 0 Å². The Bertz CT molecular complexity index is 710. The molecule has 0 spiro atoms. The number of amides is 1.